The summed E-state index contributed by atoms with van der Waals surface area (Å²) in [6.45, 7) is 2.95. The van der Waals surface area contributed by atoms with Crippen molar-refractivity contribution < 1.29 is 23.9 Å². The van der Waals surface area contributed by atoms with E-state index in [-0.39, 0.29) is 40.5 Å². The Balaban J connectivity index is 2.68. The van der Waals surface area contributed by atoms with E-state index < -0.39 is 0 Å². The Morgan fingerprint density at radius 2 is 1.76 bits per heavy atom. The monoisotopic (exact) mass is 288 g/mol. The van der Waals surface area contributed by atoms with Crippen LogP contribution in [0.5, 0.6) is 11.5 Å². The molecule has 0 unspecified atom stereocenters. The normalized spacial score (nSPS) is 14.1. The number of hydrogen-bond acceptors (Lipinski definition) is 5. The molecule has 0 atom stereocenters. The van der Waals surface area contributed by atoms with Gasteiger partial charge in [0.2, 0.25) is 0 Å². The molecule has 0 aromatic heterocycles. The highest BCUT2D eigenvalue weighted by Gasteiger charge is 2.33. The molecule has 1 aliphatic carbocycles. The molecule has 0 aliphatic heterocycles. The van der Waals surface area contributed by atoms with Crippen molar-refractivity contribution >= 4 is 17.3 Å². The first-order valence-electron chi connectivity index (χ1n) is 6.45. The van der Waals surface area contributed by atoms with Gasteiger partial charge in [0.25, 0.3) is 0 Å². The van der Waals surface area contributed by atoms with Crippen molar-refractivity contribution in [3.05, 3.63) is 34.4 Å². The number of carbonyl (C=O) groups is 3. The van der Waals surface area contributed by atoms with E-state index in [1.807, 2.05) is 0 Å². The lowest BCUT2D eigenvalue weighted by Gasteiger charge is -2.21. The van der Waals surface area contributed by atoms with Crippen LogP contribution < -0.4 is 9.47 Å². The summed E-state index contributed by atoms with van der Waals surface area (Å²) in [4.78, 5) is 36.4. The first-order chi connectivity index (χ1) is 9.90. The topological polar surface area (TPSA) is 69.7 Å². The Morgan fingerprint density at radius 1 is 1.10 bits per heavy atom. The molecule has 1 aromatic rings. The van der Waals surface area contributed by atoms with Gasteiger partial charge in [-0.05, 0) is 19.9 Å². The molecule has 0 saturated carbocycles. The number of rotatable bonds is 4. The largest absolute Gasteiger partial charge is 0.497 e. The van der Waals surface area contributed by atoms with E-state index >= 15 is 0 Å². The van der Waals surface area contributed by atoms with E-state index in [2.05, 4.69) is 0 Å². The van der Waals surface area contributed by atoms with Crippen LogP contribution in [0.1, 0.15) is 41.0 Å². The number of fused-ring (bicyclic) bond motifs is 1. The molecular formula is C16H16O5. The van der Waals surface area contributed by atoms with Gasteiger partial charge in [-0.1, -0.05) is 0 Å². The Bertz CT molecular complexity index is 682. The molecular weight excluding hydrogens is 272 g/mol. The average molecular weight is 288 g/mol. The number of methoxy groups -OCH3 is 2. The van der Waals surface area contributed by atoms with Crippen LogP contribution in [0.2, 0.25) is 0 Å². The number of ketones is 3. The summed E-state index contributed by atoms with van der Waals surface area (Å²) in [7, 11) is 2.89. The van der Waals surface area contributed by atoms with Gasteiger partial charge < -0.3 is 9.47 Å². The van der Waals surface area contributed by atoms with Crippen LogP contribution in [0.4, 0.5) is 0 Å². The van der Waals surface area contributed by atoms with Crippen LogP contribution in [0.25, 0.3) is 0 Å². The summed E-state index contributed by atoms with van der Waals surface area (Å²) in [5, 5.41) is 0. The van der Waals surface area contributed by atoms with Crippen molar-refractivity contribution in [2.45, 2.75) is 20.3 Å². The molecule has 110 valence electrons. The maximum Gasteiger partial charge on any atom is 0.193 e. The highest BCUT2D eigenvalue weighted by Crippen LogP contribution is 2.36. The predicted molar refractivity (Wildman–Crippen MR) is 76.2 cm³/mol. The van der Waals surface area contributed by atoms with Gasteiger partial charge in [-0.3, -0.25) is 14.4 Å². The number of benzene rings is 1. The molecule has 2 rings (SSSR count). The first-order valence-corrected chi connectivity index (χ1v) is 6.45. The molecule has 0 amide bonds. The lowest BCUT2D eigenvalue weighted by Crippen LogP contribution is -2.23. The number of hydrogen-bond donors (Lipinski definition) is 0. The standard InChI is InChI=1S/C16H16O5/c1-8(17)5-11-9(2)15(18)14-12(16(11)19)6-10(20-3)7-13(14)21-4/h6-7H,5H2,1-4H3. The van der Waals surface area contributed by atoms with Crippen molar-refractivity contribution in [1.82, 2.24) is 0 Å². The van der Waals surface area contributed by atoms with Crippen LogP contribution >= 0.6 is 0 Å². The Morgan fingerprint density at radius 3 is 2.29 bits per heavy atom. The fourth-order valence-corrected chi connectivity index (χ4v) is 2.40. The minimum absolute atomic E-state index is 0.0463. The summed E-state index contributed by atoms with van der Waals surface area (Å²) >= 11 is 0. The minimum atomic E-state index is -0.325. The molecule has 1 aliphatic rings. The zero-order chi connectivity index (χ0) is 15.7. The Kier molecular flexibility index (Phi) is 3.93. The Hall–Kier alpha value is -2.43. The van der Waals surface area contributed by atoms with Crippen molar-refractivity contribution in [2.75, 3.05) is 14.2 Å². The quantitative estimate of drug-likeness (QED) is 0.850. The molecule has 0 N–H and O–H groups in total. The highest BCUT2D eigenvalue weighted by atomic mass is 16.5. The van der Waals surface area contributed by atoms with E-state index in [1.165, 1.54) is 27.2 Å². The lowest BCUT2D eigenvalue weighted by molar-refractivity contribution is -0.116. The van der Waals surface area contributed by atoms with Crippen LogP contribution in [-0.2, 0) is 4.79 Å². The number of Topliss-reactive ketones (excluding diaryl/α,β-unsaturated/α-hetero) is 3. The third-order valence-corrected chi connectivity index (χ3v) is 3.50. The summed E-state index contributed by atoms with van der Waals surface area (Å²) in [6, 6.07) is 3.07. The average Bonchev–Trinajstić information content (AvgIpc) is 2.47. The van der Waals surface area contributed by atoms with Gasteiger partial charge >= 0.3 is 0 Å². The maximum atomic E-state index is 12.6. The second kappa shape index (κ2) is 5.52. The molecule has 0 radical (unpaired) electrons. The zero-order valence-corrected chi connectivity index (χ0v) is 12.4. The molecule has 0 heterocycles. The van der Waals surface area contributed by atoms with Gasteiger partial charge in [-0.15, -0.1) is 0 Å². The van der Waals surface area contributed by atoms with Gasteiger partial charge in [-0.2, -0.15) is 0 Å². The lowest BCUT2D eigenvalue weighted by atomic mass is 9.82. The van der Waals surface area contributed by atoms with E-state index in [1.54, 1.807) is 13.0 Å². The van der Waals surface area contributed by atoms with Crippen LogP contribution in [-0.4, -0.2) is 31.6 Å². The minimum Gasteiger partial charge on any atom is -0.497 e. The number of ether oxygens (including phenoxy) is 2. The van der Waals surface area contributed by atoms with Crippen LogP contribution in [0, 0.1) is 0 Å². The third kappa shape index (κ3) is 2.46. The van der Waals surface area contributed by atoms with E-state index in [0.717, 1.165) is 0 Å². The van der Waals surface area contributed by atoms with Crippen molar-refractivity contribution in [1.29, 1.82) is 0 Å². The van der Waals surface area contributed by atoms with Gasteiger partial charge in [0.15, 0.2) is 11.6 Å². The number of allylic oxidation sites excluding steroid dienone is 2. The fraction of sp³-hybridized carbons (Fsp3) is 0.312. The van der Waals surface area contributed by atoms with Crippen LogP contribution in [0.15, 0.2) is 23.3 Å². The SMILES string of the molecule is COc1cc(OC)c2c(c1)C(=O)C(CC(C)=O)=C(C)C2=O. The molecule has 0 saturated heterocycles. The Labute approximate surface area is 122 Å². The predicted octanol–water partition coefficient (Wildman–Crippen LogP) is 2.38. The third-order valence-electron chi connectivity index (χ3n) is 3.50. The van der Waals surface area contributed by atoms with Crippen molar-refractivity contribution in [3.63, 3.8) is 0 Å². The summed E-state index contributed by atoms with van der Waals surface area (Å²) < 4.78 is 10.3. The molecule has 0 bridgehead atoms. The molecule has 1 aromatic carbocycles. The molecule has 0 spiro atoms. The van der Waals surface area contributed by atoms with E-state index in [9.17, 15) is 14.4 Å². The molecule has 0 fully saturated rings. The van der Waals surface area contributed by atoms with Crippen molar-refractivity contribution in [2.24, 2.45) is 0 Å². The summed E-state index contributed by atoms with van der Waals surface area (Å²) in [5.74, 6) is -0.0592. The molecule has 5 heteroatoms. The zero-order valence-electron chi connectivity index (χ0n) is 12.4. The van der Waals surface area contributed by atoms with E-state index in [4.69, 9.17) is 9.47 Å². The van der Waals surface area contributed by atoms with Crippen LogP contribution in [0.3, 0.4) is 0 Å². The number of carbonyl (C=O) groups excluding carboxylic acids is 3. The highest BCUT2D eigenvalue weighted by molar-refractivity contribution is 6.28. The van der Waals surface area contributed by atoms with Crippen molar-refractivity contribution in [3.8, 4) is 11.5 Å². The smallest absolute Gasteiger partial charge is 0.193 e. The van der Waals surface area contributed by atoms with Gasteiger partial charge in [0.1, 0.15) is 17.3 Å². The first kappa shape index (κ1) is 15.0. The molecule has 5 nitrogen and oxygen atoms in total. The van der Waals surface area contributed by atoms with Gasteiger partial charge in [0.05, 0.1) is 19.8 Å². The maximum absolute atomic E-state index is 12.6. The van der Waals surface area contributed by atoms with Gasteiger partial charge in [0, 0.05) is 29.2 Å². The van der Waals surface area contributed by atoms with Gasteiger partial charge in [-0.25, -0.2) is 0 Å². The summed E-state index contributed by atoms with van der Waals surface area (Å²) in [6.07, 6.45) is -0.0463. The fourth-order valence-electron chi connectivity index (χ4n) is 2.40. The summed E-state index contributed by atoms with van der Waals surface area (Å²) in [5.41, 5.74) is 0.993. The van der Waals surface area contributed by atoms with E-state index in [0.29, 0.717) is 17.1 Å². The second-order valence-electron chi connectivity index (χ2n) is 4.89. The molecule has 21 heavy (non-hydrogen) atoms. The second-order valence-corrected chi connectivity index (χ2v) is 4.89.